The lowest BCUT2D eigenvalue weighted by molar-refractivity contribution is -0.120. The van der Waals surface area contributed by atoms with Crippen molar-refractivity contribution in [1.82, 2.24) is 5.32 Å². The third kappa shape index (κ3) is 3.43. The van der Waals surface area contributed by atoms with E-state index in [1.54, 1.807) is 11.0 Å². The molecular formula is C17H24N2O2. The minimum atomic E-state index is -0.420. The molecule has 114 valence electrons. The van der Waals surface area contributed by atoms with Crippen LogP contribution in [0.2, 0.25) is 0 Å². The number of benzene rings is 1. The summed E-state index contributed by atoms with van der Waals surface area (Å²) < 4.78 is 0. The van der Waals surface area contributed by atoms with Crippen molar-refractivity contribution in [2.75, 3.05) is 11.4 Å². The van der Waals surface area contributed by atoms with E-state index in [0.29, 0.717) is 18.5 Å². The van der Waals surface area contributed by atoms with Crippen molar-refractivity contribution in [2.24, 2.45) is 0 Å². The average molecular weight is 288 g/mol. The molecule has 0 saturated carbocycles. The summed E-state index contributed by atoms with van der Waals surface area (Å²) in [5.74, 6) is -0.144. The Labute approximate surface area is 126 Å². The van der Waals surface area contributed by atoms with Gasteiger partial charge in [0.1, 0.15) is 6.04 Å². The Hall–Kier alpha value is -1.84. The lowest BCUT2D eigenvalue weighted by Gasteiger charge is -2.24. The highest BCUT2D eigenvalue weighted by Gasteiger charge is 2.31. The summed E-state index contributed by atoms with van der Waals surface area (Å²) >= 11 is 0. The molecule has 2 rings (SSSR count). The molecule has 1 aliphatic rings. The van der Waals surface area contributed by atoms with Gasteiger partial charge < -0.3 is 10.2 Å². The van der Waals surface area contributed by atoms with Crippen molar-refractivity contribution in [2.45, 2.75) is 52.0 Å². The van der Waals surface area contributed by atoms with Crippen molar-refractivity contribution in [3.8, 4) is 0 Å². The van der Waals surface area contributed by atoms with Crippen molar-refractivity contribution in [1.29, 1.82) is 0 Å². The van der Waals surface area contributed by atoms with Crippen LogP contribution in [0.1, 0.15) is 56.3 Å². The van der Waals surface area contributed by atoms with Crippen LogP contribution >= 0.6 is 0 Å². The van der Waals surface area contributed by atoms with E-state index in [9.17, 15) is 9.59 Å². The Kier molecular flexibility index (Phi) is 5.37. The van der Waals surface area contributed by atoms with Gasteiger partial charge in [0.15, 0.2) is 0 Å². The van der Waals surface area contributed by atoms with E-state index in [1.807, 2.05) is 25.1 Å². The highest BCUT2D eigenvalue weighted by atomic mass is 16.2. The highest BCUT2D eigenvalue weighted by molar-refractivity contribution is 6.10. The fourth-order valence-corrected chi connectivity index (χ4v) is 2.71. The average Bonchev–Trinajstić information content (AvgIpc) is 2.61. The van der Waals surface area contributed by atoms with Gasteiger partial charge in [0, 0.05) is 6.54 Å². The number of amides is 2. The van der Waals surface area contributed by atoms with Crippen LogP contribution < -0.4 is 10.2 Å². The zero-order valence-electron chi connectivity index (χ0n) is 12.9. The molecule has 4 nitrogen and oxygen atoms in total. The van der Waals surface area contributed by atoms with Gasteiger partial charge in [0.2, 0.25) is 5.91 Å². The molecule has 21 heavy (non-hydrogen) atoms. The monoisotopic (exact) mass is 288 g/mol. The largest absolute Gasteiger partial charge is 0.340 e. The topological polar surface area (TPSA) is 49.4 Å². The van der Waals surface area contributed by atoms with Gasteiger partial charge in [-0.25, -0.2) is 0 Å². The Balaban J connectivity index is 2.26. The molecule has 0 aromatic heterocycles. The Bertz CT molecular complexity index is 513. The van der Waals surface area contributed by atoms with Crippen molar-refractivity contribution < 1.29 is 9.59 Å². The fraction of sp³-hybridized carbons (Fsp3) is 0.529. The zero-order chi connectivity index (χ0) is 15.2. The van der Waals surface area contributed by atoms with Gasteiger partial charge in [-0.3, -0.25) is 9.59 Å². The van der Waals surface area contributed by atoms with E-state index in [4.69, 9.17) is 0 Å². The third-order valence-electron chi connectivity index (χ3n) is 3.95. The first kappa shape index (κ1) is 15.5. The molecule has 1 unspecified atom stereocenters. The summed E-state index contributed by atoms with van der Waals surface area (Å²) in [4.78, 5) is 26.7. The summed E-state index contributed by atoms with van der Waals surface area (Å²) in [5.41, 5.74) is 1.34. The van der Waals surface area contributed by atoms with Crippen LogP contribution in [0.4, 0.5) is 5.69 Å². The van der Waals surface area contributed by atoms with E-state index >= 15 is 0 Å². The van der Waals surface area contributed by atoms with E-state index in [2.05, 4.69) is 12.2 Å². The van der Waals surface area contributed by atoms with Crippen molar-refractivity contribution in [3.63, 3.8) is 0 Å². The summed E-state index contributed by atoms with van der Waals surface area (Å²) in [6.45, 7) is 4.78. The number of fused-ring (bicyclic) bond motifs is 1. The standard InChI is InChI=1S/C17H24N2O2/c1-3-5-6-9-12-19-15-11-8-7-10-13(15)16(20)18-14(4-2)17(19)21/h7-8,10-11,14H,3-6,9,12H2,1-2H3,(H,18,20). The Morgan fingerprint density at radius 2 is 1.86 bits per heavy atom. The SMILES string of the molecule is CCCCCCN1C(=O)C(CC)NC(=O)c2ccccc21. The molecule has 0 spiro atoms. The Morgan fingerprint density at radius 3 is 2.57 bits per heavy atom. The second-order valence-electron chi connectivity index (χ2n) is 5.50. The lowest BCUT2D eigenvalue weighted by atomic mass is 10.1. The number of unbranched alkanes of at least 4 members (excludes halogenated alkanes) is 3. The first-order valence-corrected chi connectivity index (χ1v) is 7.90. The number of anilines is 1. The molecule has 0 aliphatic carbocycles. The summed E-state index contributed by atoms with van der Waals surface area (Å²) in [7, 11) is 0. The van der Waals surface area contributed by atoms with Crippen LogP contribution in [0, 0.1) is 0 Å². The molecule has 1 N–H and O–H groups in total. The molecule has 1 aromatic rings. The predicted octanol–water partition coefficient (Wildman–Crippen LogP) is 3.12. The number of rotatable bonds is 6. The van der Waals surface area contributed by atoms with Gasteiger partial charge >= 0.3 is 0 Å². The van der Waals surface area contributed by atoms with E-state index in [1.165, 1.54) is 12.8 Å². The quantitative estimate of drug-likeness (QED) is 0.818. The normalized spacial score (nSPS) is 18.2. The van der Waals surface area contributed by atoms with Gasteiger partial charge in [-0.05, 0) is 25.0 Å². The maximum absolute atomic E-state index is 12.7. The maximum Gasteiger partial charge on any atom is 0.254 e. The molecule has 2 amide bonds. The van der Waals surface area contributed by atoms with Gasteiger partial charge in [0.05, 0.1) is 11.3 Å². The second kappa shape index (κ2) is 7.25. The van der Waals surface area contributed by atoms with Crippen molar-refractivity contribution in [3.05, 3.63) is 29.8 Å². The summed E-state index contributed by atoms with van der Waals surface area (Å²) in [5, 5.41) is 2.84. The van der Waals surface area contributed by atoms with Gasteiger partial charge in [-0.15, -0.1) is 0 Å². The second-order valence-corrected chi connectivity index (χ2v) is 5.50. The maximum atomic E-state index is 12.7. The molecule has 0 fully saturated rings. The number of nitrogens with one attached hydrogen (secondary N) is 1. The number of para-hydroxylation sites is 1. The van der Waals surface area contributed by atoms with E-state index < -0.39 is 6.04 Å². The summed E-state index contributed by atoms with van der Waals surface area (Å²) in [6.07, 6.45) is 5.05. The minimum Gasteiger partial charge on any atom is -0.340 e. The lowest BCUT2D eigenvalue weighted by Crippen LogP contribution is -2.45. The molecule has 0 bridgehead atoms. The molecule has 0 radical (unpaired) electrons. The molecule has 1 heterocycles. The van der Waals surface area contributed by atoms with E-state index in [-0.39, 0.29) is 11.8 Å². The molecule has 1 atom stereocenters. The summed E-state index contributed by atoms with van der Waals surface area (Å²) in [6, 6.07) is 6.95. The van der Waals surface area contributed by atoms with Gasteiger partial charge in [0.25, 0.3) is 5.91 Å². The molecule has 1 aliphatic heterocycles. The van der Waals surface area contributed by atoms with Crippen LogP contribution in [0.3, 0.4) is 0 Å². The molecule has 4 heteroatoms. The number of carbonyl (C=O) groups is 2. The van der Waals surface area contributed by atoms with Crippen LogP contribution in [-0.4, -0.2) is 24.4 Å². The third-order valence-corrected chi connectivity index (χ3v) is 3.95. The zero-order valence-corrected chi connectivity index (χ0v) is 12.9. The first-order valence-electron chi connectivity index (χ1n) is 7.90. The first-order chi connectivity index (χ1) is 10.2. The van der Waals surface area contributed by atoms with Crippen LogP contribution in [0.15, 0.2) is 24.3 Å². The molecule has 1 aromatic carbocycles. The molecule has 0 saturated heterocycles. The Morgan fingerprint density at radius 1 is 1.10 bits per heavy atom. The van der Waals surface area contributed by atoms with E-state index in [0.717, 1.165) is 18.5 Å². The van der Waals surface area contributed by atoms with Gasteiger partial charge in [-0.2, -0.15) is 0 Å². The van der Waals surface area contributed by atoms with Crippen LogP contribution in [-0.2, 0) is 4.79 Å². The van der Waals surface area contributed by atoms with Gasteiger partial charge in [-0.1, -0.05) is 45.2 Å². The van der Waals surface area contributed by atoms with Crippen LogP contribution in [0.25, 0.3) is 0 Å². The smallest absolute Gasteiger partial charge is 0.254 e. The number of nitrogens with zero attached hydrogens (tertiary/aromatic N) is 1. The predicted molar refractivity (Wildman–Crippen MR) is 84.5 cm³/mol. The number of hydrogen-bond acceptors (Lipinski definition) is 2. The minimum absolute atomic E-state index is 0.00676. The fourth-order valence-electron chi connectivity index (χ4n) is 2.71. The van der Waals surface area contributed by atoms with Crippen LogP contribution in [0.5, 0.6) is 0 Å². The number of carbonyl (C=O) groups excluding carboxylic acids is 2. The van der Waals surface area contributed by atoms with Crippen molar-refractivity contribution >= 4 is 17.5 Å². The molecular weight excluding hydrogens is 264 g/mol. The number of hydrogen-bond donors (Lipinski definition) is 1. The highest BCUT2D eigenvalue weighted by Crippen LogP contribution is 2.25.